The molecule has 0 radical (unpaired) electrons. The standard InChI is InChI=1S/C24H17Cl2N3O3S/c25-16-5-9-18(10-6-16)28-22(30)14-32-20-4-2-1-3-15(20)13-21-23(31)29(24(27)33-21)19-11-7-17(26)8-12-19/h1-13,27H,14H2,(H,28,30)/b21-13-,27-24?. The molecular formula is C24H17Cl2N3O3S. The number of para-hydroxylation sites is 1. The molecule has 0 unspecified atom stereocenters. The van der Waals surface area contributed by atoms with Gasteiger partial charge < -0.3 is 10.1 Å². The number of rotatable bonds is 6. The Bertz CT molecular complexity index is 1240. The first-order valence-electron chi connectivity index (χ1n) is 9.76. The van der Waals surface area contributed by atoms with E-state index in [-0.39, 0.29) is 23.6 Å². The lowest BCUT2D eigenvalue weighted by Gasteiger charge is -2.14. The van der Waals surface area contributed by atoms with E-state index >= 15 is 0 Å². The Morgan fingerprint density at radius 2 is 1.64 bits per heavy atom. The molecule has 1 aliphatic heterocycles. The van der Waals surface area contributed by atoms with E-state index in [0.717, 1.165) is 11.8 Å². The van der Waals surface area contributed by atoms with Gasteiger partial charge in [-0.15, -0.1) is 0 Å². The molecule has 9 heteroatoms. The maximum atomic E-state index is 13.0. The van der Waals surface area contributed by atoms with E-state index in [1.165, 1.54) is 4.90 Å². The fourth-order valence-corrected chi connectivity index (χ4v) is 4.16. The van der Waals surface area contributed by atoms with E-state index in [4.69, 9.17) is 33.3 Å². The summed E-state index contributed by atoms with van der Waals surface area (Å²) in [7, 11) is 0. The van der Waals surface area contributed by atoms with Crippen molar-refractivity contribution in [3.05, 3.63) is 93.3 Å². The summed E-state index contributed by atoms with van der Waals surface area (Å²) in [6.07, 6.45) is 1.66. The third kappa shape index (κ3) is 5.57. The molecule has 1 heterocycles. The Labute approximate surface area is 204 Å². The van der Waals surface area contributed by atoms with Crippen LogP contribution in [-0.2, 0) is 9.59 Å². The van der Waals surface area contributed by atoms with Gasteiger partial charge in [0.15, 0.2) is 11.8 Å². The van der Waals surface area contributed by atoms with Crippen LogP contribution < -0.4 is 15.0 Å². The number of amidine groups is 1. The van der Waals surface area contributed by atoms with Crippen LogP contribution in [0.1, 0.15) is 5.56 Å². The second-order valence-corrected chi connectivity index (χ2v) is 8.82. The molecule has 0 bridgehead atoms. The van der Waals surface area contributed by atoms with Crippen LogP contribution in [0.4, 0.5) is 11.4 Å². The van der Waals surface area contributed by atoms with E-state index in [2.05, 4.69) is 5.32 Å². The van der Waals surface area contributed by atoms with Crippen LogP contribution in [0.5, 0.6) is 5.75 Å². The Morgan fingerprint density at radius 1 is 1.00 bits per heavy atom. The number of hydrogen-bond donors (Lipinski definition) is 2. The molecule has 1 saturated heterocycles. The van der Waals surface area contributed by atoms with Gasteiger partial charge in [-0.2, -0.15) is 0 Å². The monoisotopic (exact) mass is 497 g/mol. The summed E-state index contributed by atoms with van der Waals surface area (Å²) in [4.78, 5) is 26.9. The Kier molecular flexibility index (Phi) is 7.03. The SMILES string of the molecule is N=C1S/C(=C\c2ccccc2OCC(=O)Nc2ccc(Cl)cc2)C(=O)N1c1ccc(Cl)cc1. The van der Waals surface area contributed by atoms with Crippen LogP contribution in [0.3, 0.4) is 0 Å². The summed E-state index contributed by atoms with van der Waals surface area (Å²) in [5.41, 5.74) is 1.80. The molecule has 0 aliphatic carbocycles. The molecular weight excluding hydrogens is 481 g/mol. The molecule has 3 aromatic rings. The third-order valence-corrected chi connectivity index (χ3v) is 5.99. The average molecular weight is 498 g/mol. The molecule has 2 N–H and O–H groups in total. The Morgan fingerprint density at radius 3 is 2.33 bits per heavy atom. The molecule has 0 saturated carbocycles. The minimum atomic E-state index is -0.332. The van der Waals surface area contributed by atoms with Crippen molar-refractivity contribution in [2.45, 2.75) is 0 Å². The van der Waals surface area contributed by atoms with E-state index < -0.39 is 0 Å². The van der Waals surface area contributed by atoms with Crippen molar-refractivity contribution in [1.29, 1.82) is 5.41 Å². The van der Waals surface area contributed by atoms with Crippen LogP contribution in [0, 0.1) is 5.41 Å². The number of ether oxygens (including phenoxy) is 1. The summed E-state index contributed by atoms with van der Waals surface area (Å²) in [5, 5.41) is 12.2. The molecule has 0 spiro atoms. The maximum absolute atomic E-state index is 13.0. The summed E-state index contributed by atoms with van der Waals surface area (Å²) < 4.78 is 5.71. The number of nitrogens with zero attached hydrogens (tertiary/aromatic N) is 1. The van der Waals surface area contributed by atoms with Crippen LogP contribution in [0.25, 0.3) is 6.08 Å². The number of nitrogens with one attached hydrogen (secondary N) is 2. The Balaban J connectivity index is 1.47. The predicted molar refractivity (Wildman–Crippen MR) is 134 cm³/mol. The van der Waals surface area contributed by atoms with Gasteiger partial charge >= 0.3 is 0 Å². The number of benzene rings is 3. The van der Waals surface area contributed by atoms with Crippen LogP contribution in [0.2, 0.25) is 10.0 Å². The lowest BCUT2D eigenvalue weighted by atomic mass is 10.2. The molecule has 33 heavy (non-hydrogen) atoms. The van der Waals surface area contributed by atoms with Gasteiger partial charge in [0.05, 0.1) is 10.6 Å². The smallest absolute Gasteiger partial charge is 0.271 e. The van der Waals surface area contributed by atoms with Gasteiger partial charge in [0, 0.05) is 21.3 Å². The highest BCUT2D eigenvalue weighted by Gasteiger charge is 2.33. The van der Waals surface area contributed by atoms with E-state index in [9.17, 15) is 9.59 Å². The van der Waals surface area contributed by atoms with Gasteiger partial charge in [-0.05, 0) is 72.4 Å². The fourth-order valence-electron chi connectivity index (χ4n) is 3.06. The zero-order chi connectivity index (χ0) is 23.4. The van der Waals surface area contributed by atoms with Crippen molar-refractivity contribution in [3.63, 3.8) is 0 Å². The molecule has 0 atom stereocenters. The number of thioether (sulfide) groups is 1. The topological polar surface area (TPSA) is 82.5 Å². The highest BCUT2D eigenvalue weighted by Crippen LogP contribution is 2.36. The molecule has 1 fully saturated rings. The summed E-state index contributed by atoms with van der Waals surface area (Å²) in [6, 6.07) is 20.6. The molecule has 2 amide bonds. The second-order valence-electron chi connectivity index (χ2n) is 6.91. The van der Waals surface area contributed by atoms with Crippen molar-refractivity contribution < 1.29 is 14.3 Å². The summed E-state index contributed by atoms with van der Waals surface area (Å²) in [5.74, 6) is -0.203. The van der Waals surface area contributed by atoms with Crippen LogP contribution in [-0.4, -0.2) is 23.6 Å². The summed E-state index contributed by atoms with van der Waals surface area (Å²) in [6.45, 7) is -0.212. The molecule has 6 nitrogen and oxygen atoms in total. The zero-order valence-corrected chi connectivity index (χ0v) is 19.4. The van der Waals surface area contributed by atoms with Gasteiger partial charge in [0.25, 0.3) is 11.8 Å². The number of halogens is 2. The largest absolute Gasteiger partial charge is 0.483 e. The molecule has 1 aliphatic rings. The number of anilines is 2. The quantitative estimate of drug-likeness (QED) is 0.405. The van der Waals surface area contributed by atoms with Crippen molar-refractivity contribution in [3.8, 4) is 5.75 Å². The summed E-state index contributed by atoms with van der Waals surface area (Å²) >= 11 is 12.8. The van der Waals surface area contributed by atoms with Crippen molar-refractivity contribution in [1.82, 2.24) is 0 Å². The van der Waals surface area contributed by atoms with E-state index in [1.54, 1.807) is 78.9 Å². The number of carbonyl (C=O) groups is 2. The first-order chi connectivity index (χ1) is 15.9. The van der Waals surface area contributed by atoms with Crippen LogP contribution >= 0.6 is 35.0 Å². The number of hydrogen-bond acceptors (Lipinski definition) is 5. The normalized spacial score (nSPS) is 14.6. The van der Waals surface area contributed by atoms with Crippen molar-refractivity contribution >= 4 is 69.4 Å². The van der Waals surface area contributed by atoms with Gasteiger partial charge in [0.2, 0.25) is 0 Å². The first-order valence-corrected chi connectivity index (χ1v) is 11.3. The lowest BCUT2D eigenvalue weighted by molar-refractivity contribution is -0.118. The van der Waals surface area contributed by atoms with Gasteiger partial charge in [-0.1, -0.05) is 41.4 Å². The number of carbonyl (C=O) groups excluding carboxylic acids is 2. The molecule has 0 aromatic heterocycles. The molecule has 4 rings (SSSR count). The molecule has 3 aromatic carbocycles. The highest BCUT2D eigenvalue weighted by molar-refractivity contribution is 8.19. The third-order valence-electron chi connectivity index (χ3n) is 4.60. The lowest BCUT2D eigenvalue weighted by Crippen LogP contribution is -2.27. The maximum Gasteiger partial charge on any atom is 0.271 e. The molecule has 166 valence electrons. The van der Waals surface area contributed by atoms with Gasteiger partial charge in [0.1, 0.15) is 5.75 Å². The Hall–Kier alpha value is -3.26. The van der Waals surface area contributed by atoms with E-state index in [1.807, 2.05) is 0 Å². The predicted octanol–water partition coefficient (Wildman–Crippen LogP) is 6.07. The van der Waals surface area contributed by atoms with Gasteiger partial charge in [-0.25, -0.2) is 0 Å². The fraction of sp³-hybridized carbons (Fsp3) is 0.0417. The van der Waals surface area contributed by atoms with Crippen molar-refractivity contribution in [2.75, 3.05) is 16.8 Å². The van der Waals surface area contributed by atoms with E-state index in [0.29, 0.717) is 37.6 Å². The minimum absolute atomic E-state index is 0.0920. The minimum Gasteiger partial charge on any atom is -0.483 e. The average Bonchev–Trinajstić information content (AvgIpc) is 3.08. The highest BCUT2D eigenvalue weighted by atomic mass is 35.5. The van der Waals surface area contributed by atoms with Gasteiger partial charge in [-0.3, -0.25) is 19.9 Å². The van der Waals surface area contributed by atoms with Crippen LogP contribution in [0.15, 0.2) is 77.7 Å². The van der Waals surface area contributed by atoms with Crippen molar-refractivity contribution in [2.24, 2.45) is 0 Å². The number of amides is 2. The second kappa shape index (κ2) is 10.1. The zero-order valence-electron chi connectivity index (χ0n) is 17.0. The first kappa shape index (κ1) is 22.9.